The normalized spacial score (nSPS) is 14.4. The highest BCUT2D eigenvalue weighted by Gasteiger charge is 2.35. The van der Waals surface area contributed by atoms with Crippen molar-refractivity contribution < 1.29 is 19.1 Å². The Hall–Kier alpha value is -5.51. The number of esters is 2. The molecule has 0 spiro atoms. The first-order chi connectivity index (χ1) is 24.4. The number of nitrogens with zero attached hydrogens (tertiary/aromatic N) is 3. The van der Waals surface area contributed by atoms with E-state index in [2.05, 4.69) is 4.57 Å². The number of fused-ring (bicyclic) bond motifs is 2. The van der Waals surface area contributed by atoms with Crippen LogP contribution in [0.25, 0.3) is 22.7 Å². The van der Waals surface area contributed by atoms with Crippen molar-refractivity contribution in [2.75, 3.05) is 13.2 Å². The summed E-state index contributed by atoms with van der Waals surface area (Å²) in [6, 6.07) is 31.2. The van der Waals surface area contributed by atoms with Crippen LogP contribution in [0.1, 0.15) is 52.5 Å². The summed E-state index contributed by atoms with van der Waals surface area (Å²) in [5.74, 6) is -0.888. The first-order valence-electron chi connectivity index (χ1n) is 16.2. The van der Waals surface area contributed by atoms with Crippen molar-refractivity contribution in [3.8, 4) is 0 Å². The van der Waals surface area contributed by atoms with Gasteiger partial charge in [0.2, 0.25) is 0 Å². The van der Waals surface area contributed by atoms with Crippen LogP contribution in [0.5, 0.6) is 0 Å². The fraction of sp³-hybridized carbons (Fsp3) is 0.150. The molecular formula is C40H32ClN3O5S. The summed E-state index contributed by atoms with van der Waals surface area (Å²) >= 11 is 7.54. The molecule has 0 amide bonds. The van der Waals surface area contributed by atoms with Gasteiger partial charge in [-0.25, -0.2) is 14.6 Å². The lowest BCUT2D eigenvalue weighted by molar-refractivity contribution is -0.138. The van der Waals surface area contributed by atoms with E-state index >= 15 is 0 Å². The standard InChI is InChI=1S/C40H32ClN3O5S/c1-3-48-38(46)28-16-14-25(15-17-28)23-43-24-29(31-12-8-9-13-32(31)43)22-33-37(45)44-36(27-18-20-30(41)21-19-27)34(39(47)49-4-2)35(42-40(44)50-33)26-10-6-5-7-11-26/h5-22,24,36H,3-4,23H2,1-2H3/b33-22-/t36-/m0/s1. The van der Waals surface area contributed by atoms with Crippen molar-refractivity contribution in [3.05, 3.63) is 167 Å². The summed E-state index contributed by atoms with van der Waals surface area (Å²) in [6.45, 7) is 4.58. The number of carbonyl (C=O) groups is 2. The van der Waals surface area contributed by atoms with Gasteiger partial charge in [-0.3, -0.25) is 9.36 Å². The van der Waals surface area contributed by atoms with E-state index in [0.717, 1.165) is 27.6 Å². The fourth-order valence-electron chi connectivity index (χ4n) is 6.22. The van der Waals surface area contributed by atoms with Crippen molar-refractivity contribution in [1.29, 1.82) is 0 Å². The summed E-state index contributed by atoms with van der Waals surface area (Å²) in [4.78, 5) is 45.7. The van der Waals surface area contributed by atoms with Gasteiger partial charge in [-0.05, 0) is 61.4 Å². The van der Waals surface area contributed by atoms with E-state index < -0.39 is 12.0 Å². The van der Waals surface area contributed by atoms with Crippen LogP contribution in [-0.2, 0) is 20.8 Å². The molecule has 10 heteroatoms. The first kappa shape index (κ1) is 33.0. The second kappa shape index (κ2) is 14.2. The highest BCUT2D eigenvalue weighted by Crippen LogP contribution is 2.35. The lowest BCUT2D eigenvalue weighted by atomic mass is 9.93. The Balaban J connectivity index is 1.37. The Morgan fingerprint density at radius 1 is 0.860 bits per heavy atom. The minimum atomic E-state index is -0.793. The van der Waals surface area contributed by atoms with Gasteiger partial charge in [-0.2, -0.15) is 0 Å². The van der Waals surface area contributed by atoms with Gasteiger partial charge in [0.1, 0.15) is 0 Å². The van der Waals surface area contributed by atoms with E-state index in [4.69, 9.17) is 26.1 Å². The van der Waals surface area contributed by atoms with Gasteiger partial charge in [-0.15, -0.1) is 0 Å². The summed E-state index contributed by atoms with van der Waals surface area (Å²) < 4.78 is 14.9. The van der Waals surface area contributed by atoms with Gasteiger partial charge in [-0.1, -0.05) is 95.7 Å². The molecule has 50 heavy (non-hydrogen) atoms. The number of carbonyl (C=O) groups excluding carboxylic acids is 2. The molecular weight excluding hydrogens is 670 g/mol. The zero-order valence-electron chi connectivity index (χ0n) is 27.3. The molecule has 250 valence electrons. The maximum absolute atomic E-state index is 14.4. The average Bonchev–Trinajstić information content (AvgIpc) is 3.64. The smallest absolute Gasteiger partial charge is 0.338 e. The summed E-state index contributed by atoms with van der Waals surface area (Å²) in [6.07, 6.45) is 3.92. The van der Waals surface area contributed by atoms with E-state index in [9.17, 15) is 14.4 Å². The average molecular weight is 702 g/mol. The van der Waals surface area contributed by atoms with Crippen LogP contribution in [-0.4, -0.2) is 34.3 Å². The Morgan fingerprint density at radius 3 is 2.26 bits per heavy atom. The third kappa shape index (κ3) is 6.33. The molecule has 0 saturated heterocycles. The molecule has 0 unspecified atom stereocenters. The number of benzene rings is 4. The van der Waals surface area contributed by atoms with Crippen LogP contribution in [0.15, 0.2) is 125 Å². The number of thiazole rings is 1. The Morgan fingerprint density at radius 2 is 1.54 bits per heavy atom. The first-order valence-corrected chi connectivity index (χ1v) is 17.4. The van der Waals surface area contributed by atoms with Crippen molar-refractivity contribution in [2.45, 2.75) is 26.4 Å². The molecule has 0 bridgehead atoms. The van der Waals surface area contributed by atoms with E-state index in [1.54, 1.807) is 42.7 Å². The molecule has 2 aromatic heterocycles. The van der Waals surface area contributed by atoms with Crippen LogP contribution in [0.2, 0.25) is 5.02 Å². The molecule has 3 heterocycles. The largest absolute Gasteiger partial charge is 0.463 e. The molecule has 1 atom stereocenters. The number of hydrogen-bond donors (Lipinski definition) is 0. The molecule has 0 N–H and O–H groups in total. The predicted octanol–water partition coefficient (Wildman–Crippen LogP) is 6.77. The summed E-state index contributed by atoms with van der Waals surface area (Å²) in [7, 11) is 0. The zero-order valence-corrected chi connectivity index (χ0v) is 28.9. The topological polar surface area (TPSA) is 91.9 Å². The number of ether oxygens (including phenoxy) is 2. The molecule has 1 aliphatic rings. The van der Waals surface area contributed by atoms with Crippen LogP contribution < -0.4 is 14.9 Å². The highest BCUT2D eigenvalue weighted by molar-refractivity contribution is 7.07. The Labute approximate surface area is 296 Å². The number of halogens is 1. The quantitative estimate of drug-likeness (QED) is 0.155. The van der Waals surface area contributed by atoms with Gasteiger partial charge < -0.3 is 14.0 Å². The third-order valence-corrected chi connectivity index (χ3v) is 9.72. The lowest BCUT2D eigenvalue weighted by Crippen LogP contribution is -2.40. The Bertz CT molecular complexity index is 2440. The van der Waals surface area contributed by atoms with Gasteiger partial charge in [0.05, 0.1) is 40.6 Å². The van der Waals surface area contributed by atoms with Crippen molar-refractivity contribution in [2.24, 2.45) is 4.99 Å². The number of para-hydroxylation sites is 1. The second-order valence-electron chi connectivity index (χ2n) is 11.6. The van der Waals surface area contributed by atoms with Crippen LogP contribution in [0, 0.1) is 0 Å². The Kier molecular flexibility index (Phi) is 9.34. The number of rotatable bonds is 9. The summed E-state index contributed by atoms with van der Waals surface area (Å²) in [5.41, 5.74) is 5.29. The maximum atomic E-state index is 14.4. The van der Waals surface area contributed by atoms with Crippen molar-refractivity contribution in [3.63, 3.8) is 0 Å². The number of hydrogen-bond acceptors (Lipinski definition) is 7. The zero-order chi connectivity index (χ0) is 34.8. The molecule has 6 aromatic rings. The summed E-state index contributed by atoms with van der Waals surface area (Å²) in [5, 5.41) is 1.52. The van der Waals surface area contributed by atoms with E-state index in [1.807, 2.05) is 91.1 Å². The van der Waals surface area contributed by atoms with Gasteiger partial charge in [0.15, 0.2) is 4.80 Å². The number of aromatic nitrogens is 2. The van der Waals surface area contributed by atoms with E-state index in [-0.39, 0.29) is 23.7 Å². The molecule has 1 aliphatic heterocycles. The minimum Gasteiger partial charge on any atom is -0.463 e. The molecule has 0 fully saturated rings. The maximum Gasteiger partial charge on any atom is 0.338 e. The van der Waals surface area contributed by atoms with E-state index in [1.165, 1.54) is 11.3 Å². The molecule has 7 rings (SSSR count). The molecule has 0 radical (unpaired) electrons. The SMILES string of the molecule is CCOC(=O)C1=C(c2ccccc2)N=c2s/c(=C\c3cn(Cc4ccc(C(=O)OCC)cc4)c4ccccc34)c(=O)n2[C@H]1c1ccc(Cl)cc1. The molecule has 8 nitrogen and oxygen atoms in total. The lowest BCUT2D eigenvalue weighted by Gasteiger charge is -2.25. The second-order valence-corrected chi connectivity index (χ2v) is 13.1. The molecule has 4 aromatic carbocycles. The van der Waals surface area contributed by atoms with Gasteiger partial charge in [0.25, 0.3) is 5.56 Å². The fourth-order valence-corrected chi connectivity index (χ4v) is 7.34. The highest BCUT2D eigenvalue weighted by atomic mass is 35.5. The van der Waals surface area contributed by atoms with Crippen LogP contribution in [0.4, 0.5) is 0 Å². The molecule has 0 saturated carbocycles. The van der Waals surface area contributed by atoms with Crippen LogP contribution in [0.3, 0.4) is 0 Å². The monoisotopic (exact) mass is 701 g/mol. The minimum absolute atomic E-state index is 0.168. The van der Waals surface area contributed by atoms with Crippen LogP contribution >= 0.6 is 22.9 Å². The van der Waals surface area contributed by atoms with E-state index in [0.29, 0.717) is 44.3 Å². The third-order valence-electron chi connectivity index (χ3n) is 8.48. The predicted molar refractivity (Wildman–Crippen MR) is 196 cm³/mol. The van der Waals surface area contributed by atoms with Crippen molar-refractivity contribution in [1.82, 2.24) is 9.13 Å². The van der Waals surface area contributed by atoms with Crippen molar-refractivity contribution >= 4 is 57.6 Å². The van der Waals surface area contributed by atoms with Gasteiger partial charge >= 0.3 is 11.9 Å². The van der Waals surface area contributed by atoms with Gasteiger partial charge in [0, 0.05) is 39.8 Å². The molecule has 0 aliphatic carbocycles.